The lowest BCUT2D eigenvalue weighted by Crippen LogP contribution is -2.42. The number of nitrogens with one attached hydrogen (secondary N) is 1. The highest BCUT2D eigenvalue weighted by molar-refractivity contribution is 7.18. The second-order valence-electron chi connectivity index (χ2n) is 4.11. The minimum Gasteiger partial charge on any atom is -0.348 e. The van der Waals surface area contributed by atoms with E-state index < -0.39 is 0 Å². The lowest BCUT2D eigenvalue weighted by molar-refractivity contribution is 0.0951. The number of nitrogens with zero attached hydrogens (tertiary/aromatic N) is 1. The Bertz CT molecular complexity index is 582. The average molecular weight is 279 g/mol. The van der Waals surface area contributed by atoms with Crippen molar-refractivity contribution >= 4 is 34.5 Å². The minimum absolute atomic E-state index is 0.0359. The summed E-state index contributed by atoms with van der Waals surface area (Å²) in [6.07, 6.45) is 0. The maximum Gasteiger partial charge on any atom is 0.264 e. The largest absolute Gasteiger partial charge is 0.348 e. The van der Waals surface area contributed by atoms with Gasteiger partial charge in [-0.3, -0.25) is 4.79 Å². The number of halogens is 1. The quantitative estimate of drug-likeness (QED) is 0.915. The van der Waals surface area contributed by atoms with Gasteiger partial charge in [0.05, 0.1) is 16.7 Å². The number of rotatable bonds is 2. The average Bonchev–Trinajstić information content (AvgIpc) is 2.77. The van der Waals surface area contributed by atoms with Crippen LogP contribution in [0.1, 0.15) is 15.2 Å². The molecule has 0 saturated carbocycles. The van der Waals surface area contributed by atoms with E-state index in [4.69, 9.17) is 11.6 Å². The van der Waals surface area contributed by atoms with Crippen LogP contribution in [0.15, 0.2) is 36.4 Å². The summed E-state index contributed by atoms with van der Waals surface area (Å²) < 4.78 is 0.648. The van der Waals surface area contributed by atoms with Gasteiger partial charge >= 0.3 is 0 Å². The predicted octanol–water partition coefficient (Wildman–Crippen LogP) is 3.11. The summed E-state index contributed by atoms with van der Waals surface area (Å²) in [5, 5.41) is 2.86. The van der Waals surface area contributed by atoms with Crippen molar-refractivity contribution in [3.8, 4) is 0 Å². The molecule has 0 unspecified atom stereocenters. The Balaban J connectivity index is 1.91. The molecule has 1 N–H and O–H groups in total. The lowest BCUT2D eigenvalue weighted by Gasteiger charge is -2.29. The fraction of sp³-hybridized carbons (Fsp3) is 0.154. The molecule has 1 aromatic heterocycles. The molecule has 5 heteroatoms. The molecule has 18 heavy (non-hydrogen) atoms. The van der Waals surface area contributed by atoms with Crippen LogP contribution in [0, 0.1) is 0 Å². The second-order valence-corrected chi connectivity index (χ2v) is 5.80. The summed E-state index contributed by atoms with van der Waals surface area (Å²) >= 11 is 7.32. The molecule has 1 aromatic carbocycles. The first kappa shape index (κ1) is 11.6. The van der Waals surface area contributed by atoms with Crippen LogP contribution >= 0.6 is 22.9 Å². The van der Waals surface area contributed by atoms with E-state index in [9.17, 15) is 4.79 Å². The van der Waals surface area contributed by atoms with Gasteiger partial charge in [-0.05, 0) is 11.6 Å². The van der Waals surface area contributed by atoms with E-state index in [2.05, 4.69) is 22.3 Å². The molecule has 1 aliphatic heterocycles. The Labute approximate surface area is 114 Å². The Kier molecular flexibility index (Phi) is 2.97. The molecule has 2 heterocycles. The van der Waals surface area contributed by atoms with Crippen molar-refractivity contribution < 1.29 is 4.79 Å². The Morgan fingerprint density at radius 1 is 1.33 bits per heavy atom. The van der Waals surface area contributed by atoms with Crippen molar-refractivity contribution in [2.24, 2.45) is 0 Å². The molecule has 0 bridgehead atoms. The predicted molar refractivity (Wildman–Crippen MR) is 74.3 cm³/mol. The molecular formula is C13H11ClN2OS. The summed E-state index contributed by atoms with van der Waals surface area (Å²) in [6.45, 7) is 1.29. The fourth-order valence-corrected chi connectivity index (χ4v) is 3.19. The Morgan fingerprint density at radius 3 is 2.89 bits per heavy atom. The molecule has 0 fully saturated rings. The highest BCUT2D eigenvalue weighted by Gasteiger charge is 2.25. The molecule has 1 amide bonds. The zero-order valence-electron chi connectivity index (χ0n) is 9.52. The third-order valence-corrected chi connectivity index (χ3v) is 4.13. The molecule has 3 rings (SSSR count). The van der Waals surface area contributed by atoms with E-state index in [1.807, 2.05) is 24.3 Å². The van der Waals surface area contributed by atoms with E-state index in [0.717, 1.165) is 12.2 Å². The van der Waals surface area contributed by atoms with Crippen LogP contribution < -0.4 is 10.2 Å². The van der Waals surface area contributed by atoms with Crippen LogP contribution in [0.3, 0.4) is 0 Å². The van der Waals surface area contributed by atoms with Crippen LogP contribution in [-0.2, 0) is 6.54 Å². The van der Waals surface area contributed by atoms with Crippen molar-refractivity contribution in [3.63, 3.8) is 0 Å². The van der Waals surface area contributed by atoms with Gasteiger partial charge in [-0.15, -0.1) is 11.3 Å². The fourth-order valence-electron chi connectivity index (χ4n) is 2.03. The van der Waals surface area contributed by atoms with Crippen LogP contribution in [0.4, 0.5) is 5.69 Å². The third kappa shape index (κ3) is 2.09. The summed E-state index contributed by atoms with van der Waals surface area (Å²) in [7, 11) is 0. The maximum absolute atomic E-state index is 11.7. The SMILES string of the molecule is O=C1NCN(Cc2ccccc2)c2cc(Cl)sc21. The van der Waals surface area contributed by atoms with Gasteiger partial charge in [-0.1, -0.05) is 41.9 Å². The van der Waals surface area contributed by atoms with E-state index in [1.54, 1.807) is 0 Å². The van der Waals surface area contributed by atoms with Gasteiger partial charge in [0.2, 0.25) is 0 Å². The monoisotopic (exact) mass is 278 g/mol. The van der Waals surface area contributed by atoms with Crippen LogP contribution in [0.5, 0.6) is 0 Å². The molecule has 0 atom stereocenters. The van der Waals surface area contributed by atoms with Crippen LogP contribution in [0.25, 0.3) is 0 Å². The van der Waals surface area contributed by atoms with Gasteiger partial charge in [-0.2, -0.15) is 0 Å². The van der Waals surface area contributed by atoms with E-state index in [1.165, 1.54) is 16.9 Å². The standard InChI is InChI=1S/C13H11ClN2OS/c14-11-6-10-12(18-11)13(17)15-8-16(10)7-9-4-2-1-3-5-9/h1-6H,7-8H2,(H,15,17). The number of carbonyl (C=O) groups excluding carboxylic acids is 1. The number of carbonyl (C=O) groups is 1. The Hall–Kier alpha value is -1.52. The summed E-state index contributed by atoms with van der Waals surface area (Å²) in [5.41, 5.74) is 2.14. The first-order chi connectivity index (χ1) is 8.74. The van der Waals surface area contributed by atoms with Gasteiger partial charge in [0.25, 0.3) is 5.91 Å². The molecule has 3 nitrogen and oxygen atoms in total. The number of thiophene rings is 1. The number of benzene rings is 1. The lowest BCUT2D eigenvalue weighted by atomic mass is 10.2. The van der Waals surface area contributed by atoms with Crippen LogP contribution in [-0.4, -0.2) is 12.6 Å². The molecule has 2 aromatic rings. The number of anilines is 1. The summed E-state index contributed by atoms with van der Waals surface area (Å²) in [5.74, 6) is -0.0359. The van der Waals surface area contributed by atoms with Crippen molar-refractivity contribution in [1.82, 2.24) is 5.32 Å². The highest BCUT2D eigenvalue weighted by Crippen LogP contribution is 2.35. The summed E-state index contributed by atoms with van der Waals surface area (Å²) in [6, 6.07) is 12.0. The van der Waals surface area contributed by atoms with Crippen molar-refractivity contribution in [2.75, 3.05) is 11.6 Å². The van der Waals surface area contributed by atoms with E-state index in [0.29, 0.717) is 15.9 Å². The molecule has 0 spiro atoms. The minimum atomic E-state index is -0.0359. The van der Waals surface area contributed by atoms with Crippen LogP contribution in [0.2, 0.25) is 4.34 Å². The molecular weight excluding hydrogens is 268 g/mol. The number of amides is 1. The third-order valence-electron chi connectivity index (χ3n) is 2.88. The second kappa shape index (κ2) is 4.63. The Morgan fingerprint density at radius 2 is 2.11 bits per heavy atom. The number of hydrogen-bond acceptors (Lipinski definition) is 3. The number of hydrogen-bond donors (Lipinski definition) is 1. The molecule has 92 valence electrons. The van der Waals surface area contributed by atoms with Crippen molar-refractivity contribution in [2.45, 2.75) is 6.54 Å². The van der Waals surface area contributed by atoms with Gasteiger partial charge in [0, 0.05) is 6.54 Å². The van der Waals surface area contributed by atoms with E-state index in [-0.39, 0.29) is 5.91 Å². The normalized spacial score (nSPS) is 14.3. The zero-order valence-corrected chi connectivity index (χ0v) is 11.1. The molecule has 1 aliphatic rings. The van der Waals surface area contributed by atoms with Gasteiger partial charge in [0.1, 0.15) is 4.88 Å². The van der Waals surface area contributed by atoms with E-state index >= 15 is 0 Å². The smallest absolute Gasteiger partial charge is 0.264 e. The van der Waals surface area contributed by atoms with Gasteiger partial charge in [-0.25, -0.2) is 0 Å². The maximum atomic E-state index is 11.7. The zero-order chi connectivity index (χ0) is 12.5. The van der Waals surface area contributed by atoms with Gasteiger partial charge in [0.15, 0.2) is 0 Å². The van der Waals surface area contributed by atoms with Crippen molar-refractivity contribution in [1.29, 1.82) is 0 Å². The first-order valence-corrected chi connectivity index (χ1v) is 6.80. The highest BCUT2D eigenvalue weighted by atomic mass is 35.5. The first-order valence-electron chi connectivity index (χ1n) is 5.60. The molecule has 0 radical (unpaired) electrons. The number of fused-ring (bicyclic) bond motifs is 1. The molecule has 0 saturated heterocycles. The summed E-state index contributed by atoms with van der Waals surface area (Å²) in [4.78, 5) is 14.5. The molecule has 0 aliphatic carbocycles. The van der Waals surface area contributed by atoms with Crippen molar-refractivity contribution in [3.05, 3.63) is 51.2 Å². The topological polar surface area (TPSA) is 32.3 Å². The van der Waals surface area contributed by atoms with Gasteiger partial charge < -0.3 is 10.2 Å².